The Hall–Kier alpha value is -3.09. The third kappa shape index (κ3) is 4.75. The summed E-state index contributed by atoms with van der Waals surface area (Å²) in [5.41, 5.74) is 1.14. The molecule has 1 saturated heterocycles. The van der Waals surface area contributed by atoms with Gasteiger partial charge in [0.2, 0.25) is 0 Å². The fourth-order valence-electron chi connectivity index (χ4n) is 3.00. The van der Waals surface area contributed by atoms with Gasteiger partial charge in [-0.05, 0) is 49.9 Å². The number of hydrogen-bond donors (Lipinski definition) is 2. The molecule has 2 N–H and O–H groups in total. The van der Waals surface area contributed by atoms with Crippen LogP contribution in [0.2, 0.25) is 0 Å². The van der Waals surface area contributed by atoms with Crippen molar-refractivity contribution in [3.05, 3.63) is 47.7 Å². The van der Waals surface area contributed by atoms with Gasteiger partial charge < -0.3 is 20.1 Å². The Morgan fingerprint density at radius 1 is 1.19 bits per heavy atom. The maximum Gasteiger partial charge on any atom is 0.342 e. The summed E-state index contributed by atoms with van der Waals surface area (Å²) in [7, 11) is 0. The van der Waals surface area contributed by atoms with Crippen molar-refractivity contribution in [3.63, 3.8) is 0 Å². The molecule has 0 atom stereocenters. The van der Waals surface area contributed by atoms with Gasteiger partial charge in [0.15, 0.2) is 6.61 Å². The number of phenolic OH excluding ortho intramolecular Hbond substituents is 1. The number of nitrogens with one attached hydrogen (secondary N) is 1. The number of hydrogen-bond acceptors (Lipinski definition) is 6. The lowest BCUT2D eigenvalue weighted by molar-refractivity contribution is -0.119. The summed E-state index contributed by atoms with van der Waals surface area (Å²) >= 11 is 0. The molecule has 1 aromatic heterocycles. The molecule has 1 aromatic carbocycles. The molecule has 27 heavy (non-hydrogen) atoms. The van der Waals surface area contributed by atoms with Crippen LogP contribution in [0.3, 0.4) is 0 Å². The zero-order chi connectivity index (χ0) is 19.2. The van der Waals surface area contributed by atoms with Gasteiger partial charge in [0.05, 0.1) is 11.9 Å². The number of amides is 1. The average Bonchev–Trinajstić information content (AvgIpc) is 2.69. The number of para-hydroxylation sites is 1. The van der Waals surface area contributed by atoms with Gasteiger partial charge in [-0.25, -0.2) is 9.78 Å². The van der Waals surface area contributed by atoms with E-state index in [9.17, 15) is 14.7 Å². The maximum atomic E-state index is 12.0. The quantitative estimate of drug-likeness (QED) is 0.788. The van der Waals surface area contributed by atoms with Crippen LogP contribution in [-0.2, 0) is 9.53 Å². The molecule has 1 fully saturated rings. The number of esters is 1. The molecule has 0 saturated carbocycles. The summed E-state index contributed by atoms with van der Waals surface area (Å²) in [5, 5.41) is 12.5. The topological polar surface area (TPSA) is 91.8 Å². The number of ether oxygens (including phenoxy) is 1. The summed E-state index contributed by atoms with van der Waals surface area (Å²) in [6.07, 6.45) is 5.18. The first-order valence-corrected chi connectivity index (χ1v) is 9.01. The molecule has 0 bridgehead atoms. The minimum Gasteiger partial charge on any atom is -0.507 e. The van der Waals surface area contributed by atoms with Crippen molar-refractivity contribution in [2.45, 2.75) is 26.2 Å². The van der Waals surface area contributed by atoms with Gasteiger partial charge in [0.25, 0.3) is 5.91 Å². The van der Waals surface area contributed by atoms with Crippen LogP contribution in [0.1, 0.15) is 35.2 Å². The number of rotatable bonds is 5. The van der Waals surface area contributed by atoms with Gasteiger partial charge in [-0.1, -0.05) is 12.1 Å². The van der Waals surface area contributed by atoms with Crippen molar-refractivity contribution in [2.24, 2.45) is 0 Å². The van der Waals surface area contributed by atoms with Crippen LogP contribution in [0.25, 0.3) is 0 Å². The number of piperidine rings is 1. The number of benzene rings is 1. The molecule has 0 aliphatic carbocycles. The molecule has 2 aromatic rings. The largest absolute Gasteiger partial charge is 0.507 e. The molecule has 1 aliphatic rings. The lowest BCUT2D eigenvalue weighted by Gasteiger charge is -2.27. The standard InChI is InChI=1S/C20H23N3O4/c1-14-6-5-7-16(19(14)25)20(26)27-13-18(24)22-15-8-9-17(21-12-15)23-10-3-2-4-11-23/h5-9,12,25H,2-4,10-11,13H2,1H3,(H,22,24). The minimum atomic E-state index is -0.745. The highest BCUT2D eigenvalue weighted by Crippen LogP contribution is 2.22. The van der Waals surface area contributed by atoms with E-state index >= 15 is 0 Å². The van der Waals surface area contributed by atoms with Crippen LogP contribution in [0, 0.1) is 6.92 Å². The molecule has 0 unspecified atom stereocenters. The van der Waals surface area contributed by atoms with Crippen molar-refractivity contribution in [3.8, 4) is 5.75 Å². The van der Waals surface area contributed by atoms with Gasteiger partial charge in [-0.15, -0.1) is 0 Å². The van der Waals surface area contributed by atoms with Crippen LogP contribution in [0.4, 0.5) is 11.5 Å². The molecule has 1 aliphatic heterocycles. The van der Waals surface area contributed by atoms with E-state index in [0.29, 0.717) is 11.3 Å². The molecule has 0 radical (unpaired) electrons. The molecule has 1 amide bonds. The number of anilines is 2. The molecular formula is C20H23N3O4. The first-order valence-electron chi connectivity index (χ1n) is 9.01. The summed E-state index contributed by atoms with van der Waals surface area (Å²) < 4.78 is 4.98. The Balaban J connectivity index is 1.51. The normalized spacial score (nSPS) is 13.9. The van der Waals surface area contributed by atoms with Crippen molar-refractivity contribution < 1.29 is 19.4 Å². The number of nitrogens with zero attached hydrogens (tertiary/aromatic N) is 2. The Kier molecular flexibility index (Phi) is 5.90. The van der Waals surface area contributed by atoms with E-state index in [1.54, 1.807) is 31.3 Å². The Bertz CT molecular complexity index is 814. The van der Waals surface area contributed by atoms with Gasteiger partial charge >= 0.3 is 5.97 Å². The van der Waals surface area contributed by atoms with Gasteiger partial charge in [0.1, 0.15) is 17.1 Å². The second kappa shape index (κ2) is 8.53. The predicted octanol–water partition coefficient (Wildman–Crippen LogP) is 2.88. The lowest BCUT2D eigenvalue weighted by Crippen LogP contribution is -2.30. The number of carbonyl (C=O) groups is 2. The first-order chi connectivity index (χ1) is 13.0. The van der Waals surface area contributed by atoms with Crippen molar-refractivity contribution in [2.75, 3.05) is 29.9 Å². The van der Waals surface area contributed by atoms with Crippen LogP contribution in [0.5, 0.6) is 5.75 Å². The minimum absolute atomic E-state index is 0.0374. The molecule has 7 heteroatoms. The Morgan fingerprint density at radius 3 is 2.67 bits per heavy atom. The van der Waals surface area contributed by atoms with E-state index in [-0.39, 0.29) is 11.3 Å². The van der Waals surface area contributed by atoms with Crippen molar-refractivity contribution >= 4 is 23.4 Å². The summed E-state index contributed by atoms with van der Waals surface area (Å²) in [4.78, 5) is 30.6. The zero-order valence-electron chi connectivity index (χ0n) is 15.3. The highest BCUT2D eigenvalue weighted by atomic mass is 16.5. The smallest absolute Gasteiger partial charge is 0.342 e. The highest BCUT2D eigenvalue weighted by Gasteiger charge is 2.16. The van der Waals surface area contributed by atoms with E-state index in [2.05, 4.69) is 15.2 Å². The van der Waals surface area contributed by atoms with Crippen LogP contribution < -0.4 is 10.2 Å². The van der Waals surface area contributed by atoms with E-state index < -0.39 is 18.5 Å². The predicted molar refractivity (Wildman–Crippen MR) is 102 cm³/mol. The van der Waals surface area contributed by atoms with E-state index in [1.165, 1.54) is 25.3 Å². The summed E-state index contributed by atoms with van der Waals surface area (Å²) in [6, 6.07) is 8.42. The molecular weight excluding hydrogens is 346 g/mol. The summed E-state index contributed by atoms with van der Waals surface area (Å²) in [6.45, 7) is 3.24. The zero-order valence-corrected chi connectivity index (χ0v) is 15.3. The number of aromatic hydroxyl groups is 1. The lowest BCUT2D eigenvalue weighted by atomic mass is 10.1. The SMILES string of the molecule is Cc1cccc(C(=O)OCC(=O)Nc2ccc(N3CCCCC3)nc2)c1O. The summed E-state index contributed by atoms with van der Waals surface area (Å²) in [5.74, 6) is -0.456. The van der Waals surface area contributed by atoms with Crippen molar-refractivity contribution in [1.82, 2.24) is 4.98 Å². The molecule has 7 nitrogen and oxygen atoms in total. The van der Waals surface area contributed by atoms with Crippen LogP contribution in [-0.4, -0.2) is 41.7 Å². The highest BCUT2D eigenvalue weighted by molar-refractivity contribution is 5.96. The number of phenols is 1. The number of carbonyl (C=O) groups excluding carboxylic acids is 2. The monoisotopic (exact) mass is 369 g/mol. The van der Waals surface area contributed by atoms with Gasteiger partial charge in [-0.2, -0.15) is 0 Å². The second-order valence-electron chi connectivity index (χ2n) is 6.55. The number of pyridine rings is 1. The molecule has 2 heterocycles. The third-order valence-electron chi connectivity index (χ3n) is 4.50. The fourth-order valence-corrected chi connectivity index (χ4v) is 3.00. The molecule has 3 rings (SSSR count). The third-order valence-corrected chi connectivity index (χ3v) is 4.50. The second-order valence-corrected chi connectivity index (χ2v) is 6.55. The Labute approximate surface area is 158 Å². The van der Waals surface area contributed by atoms with Gasteiger partial charge in [-0.3, -0.25) is 4.79 Å². The fraction of sp³-hybridized carbons (Fsp3) is 0.350. The van der Waals surface area contributed by atoms with Crippen LogP contribution in [0.15, 0.2) is 36.5 Å². The molecule has 0 spiro atoms. The van der Waals surface area contributed by atoms with Crippen LogP contribution >= 0.6 is 0 Å². The number of aryl methyl sites for hydroxylation is 1. The average molecular weight is 369 g/mol. The first kappa shape index (κ1) is 18.7. The van der Waals surface area contributed by atoms with Gasteiger partial charge in [0, 0.05) is 13.1 Å². The Morgan fingerprint density at radius 2 is 1.96 bits per heavy atom. The number of aromatic nitrogens is 1. The van der Waals surface area contributed by atoms with E-state index in [0.717, 1.165) is 18.9 Å². The molecule has 142 valence electrons. The van der Waals surface area contributed by atoms with E-state index in [4.69, 9.17) is 4.74 Å². The van der Waals surface area contributed by atoms with Crippen molar-refractivity contribution in [1.29, 1.82) is 0 Å². The maximum absolute atomic E-state index is 12.0. The van der Waals surface area contributed by atoms with E-state index in [1.807, 2.05) is 6.07 Å².